The van der Waals surface area contributed by atoms with Crippen molar-refractivity contribution >= 4 is 34.6 Å². The van der Waals surface area contributed by atoms with Crippen molar-refractivity contribution in [2.75, 3.05) is 32.0 Å². The van der Waals surface area contributed by atoms with Gasteiger partial charge in [0, 0.05) is 31.3 Å². The van der Waals surface area contributed by atoms with Crippen molar-refractivity contribution in [1.82, 2.24) is 9.80 Å². The average Bonchev–Trinajstić information content (AvgIpc) is 2.74. The minimum Gasteiger partial charge on any atom is -0.450 e. The summed E-state index contributed by atoms with van der Waals surface area (Å²) in [4.78, 5) is 33.7. The Labute approximate surface area is 177 Å². The van der Waals surface area contributed by atoms with E-state index in [2.05, 4.69) is 19.9 Å². The minimum absolute atomic E-state index is 0.0649. The first kappa shape index (κ1) is 21.7. The molecule has 0 radical (unpaired) electrons. The molecular formula is C22H31N3O3S. The van der Waals surface area contributed by atoms with Gasteiger partial charge in [0.05, 0.1) is 12.3 Å². The highest BCUT2D eigenvalue weighted by atomic mass is 32.2. The Bertz CT molecular complexity index is 757. The second kappa shape index (κ2) is 10.1. The standard InChI is InChI=1S/C22H31N3O3S/c1-4-28-22(27)24-13-10-17(11-14-24)20(26)25-12-7-15-29-21(25)23-19-9-6-5-8-18(19)16(2)3/h5-6,8-9,16-17H,4,7,10-15H2,1-3H3. The van der Waals surface area contributed by atoms with E-state index in [0.29, 0.717) is 45.0 Å². The molecule has 0 aromatic heterocycles. The number of para-hydroxylation sites is 1. The highest BCUT2D eigenvalue weighted by molar-refractivity contribution is 8.13. The molecule has 6 nitrogen and oxygen atoms in total. The van der Waals surface area contributed by atoms with Crippen molar-refractivity contribution in [1.29, 1.82) is 0 Å². The number of benzene rings is 1. The third-order valence-electron chi connectivity index (χ3n) is 5.40. The fraction of sp³-hybridized carbons (Fsp3) is 0.591. The van der Waals surface area contributed by atoms with Crippen LogP contribution in [0.5, 0.6) is 0 Å². The zero-order valence-electron chi connectivity index (χ0n) is 17.6. The molecule has 0 aliphatic carbocycles. The number of hydrogen-bond acceptors (Lipinski definition) is 5. The van der Waals surface area contributed by atoms with E-state index >= 15 is 0 Å². The van der Waals surface area contributed by atoms with E-state index in [0.717, 1.165) is 23.0 Å². The molecule has 29 heavy (non-hydrogen) atoms. The Balaban J connectivity index is 1.72. The van der Waals surface area contributed by atoms with Crippen LogP contribution in [0.1, 0.15) is 51.5 Å². The first-order chi connectivity index (χ1) is 14.0. The largest absolute Gasteiger partial charge is 0.450 e. The minimum atomic E-state index is -0.278. The summed E-state index contributed by atoms with van der Waals surface area (Å²) >= 11 is 1.66. The van der Waals surface area contributed by atoms with Gasteiger partial charge in [-0.1, -0.05) is 43.8 Å². The number of nitrogens with zero attached hydrogens (tertiary/aromatic N) is 3. The molecule has 0 spiro atoms. The number of thioether (sulfide) groups is 1. The molecule has 0 N–H and O–H groups in total. The van der Waals surface area contributed by atoms with Gasteiger partial charge in [0.25, 0.3) is 0 Å². The zero-order valence-corrected chi connectivity index (χ0v) is 18.4. The number of hydrogen-bond donors (Lipinski definition) is 0. The van der Waals surface area contributed by atoms with Crippen molar-refractivity contribution in [2.45, 2.75) is 46.0 Å². The third kappa shape index (κ3) is 5.32. The summed E-state index contributed by atoms with van der Waals surface area (Å²) in [6.07, 6.45) is 2.05. The maximum Gasteiger partial charge on any atom is 0.409 e. The highest BCUT2D eigenvalue weighted by Gasteiger charge is 2.33. The predicted molar refractivity (Wildman–Crippen MR) is 118 cm³/mol. The van der Waals surface area contributed by atoms with E-state index in [9.17, 15) is 9.59 Å². The molecule has 7 heteroatoms. The molecule has 2 aliphatic heterocycles. The van der Waals surface area contributed by atoms with Crippen molar-refractivity contribution in [2.24, 2.45) is 10.9 Å². The number of piperidine rings is 1. The second-order valence-corrected chi connectivity index (χ2v) is 8.82. The molecule has 158 valence electrons. The molecule has 0 bridgehead atoms. The van der Waals surface area contributed by atoms with Gasteiger partial charge in [-0.25, -0.2) is 9.79 Å². The van der Waals surface area contributed by atoms with E-state index < -0.39 is 0 Å². The Morgan fingerprint density at radius 1 is 1.21 bits per heavy atom. The second-order valence-electron chi connectivity index (χ2n) is 7.76. The summed E-state index contributed by atoms with van der Waals surface area (Å²) in [5.41, 5.74) is 2.14. The van der Waals surface area contributed by atoms with Crippen LogP contribution >= 0.6 is 11.8 Å². The molecule has 1 aromatic rings. The van der Waals surface area contributed by atoms with E-state index in [1.165, 1.54) is 5.56 Å². The number of likely N-dealkylation sites (tertiary alicyclic amines) is 1. The molecule has 2 amide bonds. The number of aliphatic imine (C=N–C) groups is 1. The lowest BCUT2D eigenvalue weighted by Gasteiger charge is -2.35. The van der Waals surface area contributed by atoms with Gasteiger partial charge >= 0.3 is 6.09 Å². The smallest absolute Gasteiger partial charge is 0.409 e. The van der Waals surface area contributed by atoms with Crippen molar-refractivity contribution in [3.63, 3.8) is 0 Å². The first-order valence-corrected chi connectivity index (χ1v) is 11.5. The summed E-state index contributed by atoms with van der Waals surface area (Å²) in [5.74, 6) is 1.43. The summed E-state index contributed by atoms with van der Waals surface area (Å²) in [7, 11) is 0. The molecule has 3 rings (SSSR count). The summed E-state index contributed by atoms with van der Waals surface area (Å²) in [6.45, 7) is 8.35. The number of ether oxygens (including phenoxy) is 1. The lowest BCUT2D eigenvalue weighted by Crippen LogP contribution is -2.47. The van der Waals surface area contributed by atoms with E-state index in [-0.39, 0.29) is 17.9 Å². The van der Waals surface area contributed by atoms with Gasteiger partial charge in [-0.05, 0) is 43.7 Å². The average molecular weight is 418 g/mol. The van der Waals surface area contributed by atoms with Crippen molar-refractivity contribution < 1.29 is 14.3 Å². The van der Waals surface area contributed by atoms with Gasteiger partial charge in [-0.15, -0.1) is 0 Å². The lowest BCUT2D eigenvalue weighted by atomic mass is 9.95. The SMILES string of the molecule is CCOC(=O)N1CCC(C(=O)N2CCCSC2=Nc2ccccc2C(C)C)CC1. The number of amides is 2. The van der Waals surface area contributed by atoms with Crippen LogP contribution in [0.2, 0.25) is 0 Å². The van der Waals surface area contributed by atoms with Crippen LogP contribution in [0.15, 0.2) is 29.3 Å². The lowest BCUT2D eigenvalue weighted by molar-refractivity contribution is -0.132. The number of amidine groups is 1. The van der Waals surface area contributed by atoms with Crippen molar-refractivity contribution in [3.05, 3.63) is 29.8 Å². The topological polar surface area (TPSA) is 62.2 Å². The Kier molecular flexibility index (Phi) is 7.58. The van der Waals surface area contributed by atoms with Gasteiger partial charge in [0.1, 0.15) is 0 Å². The summed E-state index contributed by atoms with van der Waals surface area (Å²) < 4.78 is 5.08. The van der Waals surface area contributed by atoms with E-state index in [1.807, 2.05) is 23.1 Å². The molecule has 0 unspecified atom stereocenters. The molecule has 2 aliphatic rings. The summed E-state index contributed by atoms with van der Waals surface area (Å²) in [6, 6.07) is 8.16. The molecule has 2 heterocycles. The number of rotatable bonds is 4. The Morgan fingerprint density at radius 2 is 1.93 bits per heavy atom. The zero-order chi connectivity index (χ0) is 20.8. The Morgan fingerprint density at radius 3 is 2.62 bits per heavy atom. The fourth-order valence-electron chi connectivity index (χ4n) is 3.78. The van der Waals surface area contributed by atoms with Gasteiger partial charge in [-0.3, -0.25) is 9.69 Å². The van der Waals surface area contributed by atoms with Crippen LogP contribution in [0.25, 0.3) is 0 Å². The number of carbonyl (C=O) groups excluding carboxylic acids is 2. The van der Waals surface area contributed by atoms with Crippen LogP contribution in [0.4, 0.5) is 10.5 Å². The Hall–Kier alpha value is -2.02. The molecule has 2 fully saturated rings. The normalized spacial score (nSPS) is 19.7. The maximum atomic E-state index is 13.3. The quantitative estimate of drug-likeness (QED) is 0.716. The van der Waals surface area contributed by atoms with E-state index in [4.69, 9.17) is 9.73 Å². The molecule has 1 aromatic carbocycles. The molecule has 0 saturated carbocycles. The third-order valence-corrected chi connectivity index (χ3v) is 6.46. The van der Waals surface area contributed by atoms with Gasteiger partial charge in [-0.2, -0.15) is 0 Å². The molecular weight excluding hydrogens is 386 g/mol. The highest BCUT2D eigenvalue weighted by Crippen LogP contribution is 2.31. The van der Waals surface area contributed by atoms with Gasteiger partial charge < -0.3 is 9.64 Å². The van der Waals surface area contributed by atoms with Crippen LogP contribution < -0.4 is 0 Å². The van der Waals surface area contributed by atoms with Crippen molar-refractivity contribution in [3.8, 4) is 0 Å². The van der Waals surface area contributed by atoms with Gasteiger partial charge in [0.15, 0.2) is 5.17 Å². The van der Waals surface area contributed by atoms with Gasteiger partial charge in [0.2, 0.25) is 5.91 Å². The van der Waals surface area contributed by atoms with Crippen LogP contribution in [0.3, 0.4) is 0 Å². The monoisotopic (exact) mass is 417 g/mol. The van der Waals surface area contributed by atoms with Crippen LogP contribution in [-0.4, -0.2) is 59.0 Å². The maximum absolute atomic E-state index is 13.3. The first-order valence-electron chi connectivity index (χ1n) is 10.5. The fourth-order valence-corrected chi connectivity index (χ4v) is 4.74. The molecule has 0 atom stereocenters. The molecule has 2 saturated heterocycles. The van der Waals surface area contributed by atoms with E-state index in [1.54, 1.807) is 23.6 Å². The summed E-state index contributed by atoms with van der Waals surface area (Å²) in [5, 5.41) is 0.808. The van der Waals surface area contributed by atoms with Crippen LogP contribution in [-0.2, 0) is 9.53 Å². The number of carbonyl (C=O) groups is 2. The van der Waals surface area contributed by atoms with Crippen LogP contribution in [0, 0.1) is 5.92 Å². The predicted octanol–water partition coefficient (Wildman–Crippen LogP) is 4.63.